The van der Waals surface area contributed by atoms with Gasteiger partial charge in [-0.05, 0) is 30.2 Å². The molecule has 5 heteroatoms. The molecule has 0 saturated carbocycles. The van der Waals surface area contributed by atoms with Crippen LogP contribution in [-0.4, -0.2) is 11.1 Å². The minimum absolute atomic E-state index is 0.187. The summed E-state index contributed by atoms with van der Waals surface area (Å²) in [5, 5.41) is 0.515. The van der Waals surface area contributed by atoms with Crippen molar-refractivity contribution < 1.29 is 4.42 Å². The number of hydrogen-bond donors (Lipinski definition) is 1. The van der Waals surface area contributed by atoms with Crippen LogP contribution in [0.15, 0.2) is 21.3 Å². The smallest absolute Gasteiger partial charge is 0.408 e. The first kappa shape index (κ1) is 11.2. The van der Waals surface area contributed by atoms with Gasteiger partial charge in [0.25, 0.3) is 0 Å². The minimum atomic E-state index is -0.408. The molecule has 0 amide bonds. The van der Waals surface area contributed by atoms with Crippen molar-refractivity contribution in [2.45, 2.75) is 12.8 Å². The van der Waals surface area contributed by atoms with E-state index < -0.39 is 5.76 Å². The van der Waals surface area contributed by atoms with E-state index in [9.17, 15) is 4.79 Å². The van der Waals surface area contributed by atoms with E-state index >= 15 is 0 Å². The van der Waals surface area contributed by atoms with Gasteiger partial charge in [0.15, 0.2) is 5.58 Å². The molecule has 0 aliphatic rings. The second kappa shape index (κ2) is 3.96. The molecule has 0 radical (unpaired) electrons. The van der Waals surface area contributed by atoms with Crippen molar-refractivity contribution in [2.24, 2.45) is 12.8 Å². The van der Waals surface area contributed by atoms with Crippen molar-refractivity contribution in [1.29, 1.82) is 0 Å². The molecule has 0 spiro atoms. The molecule has 1 aromatic heterocycles. The lowest BCUT2D eigenvalue weighted by atomic mass is 10.0. The molecule has 0 bridgehead atoms. The van der Waals surface area contributed by atoms with Crippen molar-refractivity contribution in [1.82, 2.24) is 4.57 Å². The average Bonchev–Trinajstić information content (AvgIpc) is 2.54. The van der Waals surface area contributed by atoms with E-state index in [1.165, 1.54) is 4.57 Å². The molecule has 16 heavy (non-hydrogen) atoms. The van der Waals surface area contributed by atoms with Crippen LogP contribution in [0.2, 0.25) is 5.02 Å². The average molecular weight is 241 g/mol. The summed E-state index contributed by atoms with van der Waals surface area (Å²) in [4.78, 5) is 11.4. The summed E-state index contributed by atoms with van der Waals surface area (Å²) in [6.07, 6.45) is 0. The summed E-state index contributed by atoms with van der Waals surface area (Å²) in [5.74, 6) is -0.221. The standard InChI is InChI=1S/C11H13ClN2O2/c1-6(5-13)7-3-8(12)10-9(4-7)16-11(15)14(10)2/h3-4,6H,5,13H2,1-2H3. The largest absolute Gasteiger partial charge is 0.419 e. The van der Waals surface area contributed by atoms with Gasteiger partial charge in [-0.1, -0.05) is 18.5 Å². The molecular weight excluding hydrogens is 228 g/mol. The number of nitrogens with zero attached hydrogens (tertiary/aromatic N) is 1. The first-order valence-corrected chi connectivity index (χ1v) is 5.41. The summed E-state index contributed by atoms with van der Waals surface area (Å²) in [7, 11) is 1.63. The van der Waals surface area contributed by atoms with E-state index in [-0.39, 0.29) is 5.92 Å². The van der Waals surface area contributed by atoms with E-state index in [4.69, 9.17) is 21.8 Å². The van der Waals surface area contributed by atoms with E-state index in [1.807, 2.05) is 19.1 Å². The van der Waals surface area contributed by atoms with Gasteiger partial charge in [-0.2, -0.15) is 0 Å². The number of hydrogen-bond acceptors (Lipinski definition) is 3. The Balaban J connectivity index is 2.73. The first-order valence-electron chi connectivity index (χ1n) is 5.03. The number of oxazole rings is 1. The van der Waals surface area contributed by atoms with E-state index in [1.54, 1.807) is 7.05 Å². The van der Waals surface area contributed by atoms with E-state index in [0.29, 0.717) is 22.7 Å². The summed E-state index contributed by atoms with van der Waals surface area (Å²) in [6, 6.07) is 3.65. The van der Waals surface area contributed by atoms with Crippen LogP contribution in [-0.2, 0) is 7.05 Å². The Morgan fingerprint density at radius 3 is 2.88 bits per heavy atom. The van der Waals surface area contributed by atoms with E-state index in [0.717, 1.165) is 5.56 Å². The zero-order valence-electron chi connectivity index (χ0n) is 9.16. The maximum absolute atomic E-state index is 11.4. The molecule has 2 rings (SSSR count). The fourth-order valence-electron chi connectivity index (χ4n) is 1.67. The Morgan fingerprint density at radius 1 is 1.56 bits per heavy atom. The Bertz CT molecular complexity index is 585. The van der Waals surface area contributed by atoms with Gasteiger partial charge in [-0.25, -0.2) is 4.79 Å². The SMILES string of the molecule is CC(CN)c1cc(Cl)c2c(c1)oc(=O)n2C. The highest BCUT2D eigenvalue weighted by Gasteiger charge is 2.13. The molecule has 1 heterocycles. The van der Waals surface area contributed by atoms with Gasteiger partial charge >= 0.3 is 5.76 Å². The van der Waals surface area contributed by atoms with Crippen LogP contribution in [0.1, 0.15) is 18.4 Å². The van der Waals surface area contributed by atoms with Crippen molar-refractivity contribution in [3.8, 4) is 0 Å². The van der Waals surface area contributed by atoms with Crippen LogP contribution in [0.25, 0.3) is 11.1 Å². The topological polar surface area (TPSA) is 61.2 Å². The lowest BCUT2D eigenvalue weighted by Crippen LogP contribution is -2.09. The summed E-state index contributed by atoms with van der Waals surface area (Å²) >= 11 is 6.12. The Kier molecular flexibility index (Phi) is 2.78. The zero-order chi connectivity index (χ0) is 11.9. The maximum atomic E-state index is 11.4. The molecule has 2 aromatic rings. The van der Waals surface area contributed by atoms with Crippen molar-refractivity contribution in [2.75, 3.05) is 6.54 Å². The van der Waals surface area contributed by atoms with Crippen LogP contribution >= 0.6 is 11.6 Å². The van der Waals surface area contributed by atoms with Crippen LogP contribution in [0, 0.1) is 0 Å². The highest BCUT2D eigenvalue weighted by molar-refractivity contribution is 6.35. The normalized spacial score (nSPS) is 13.2. The van der Waals surface area contributed by atoms with Crippen molar-refractivity contribution in [3.63, 3.8) is 0 Å². The number of halogens is 1. The molecule has 0 aliphatic heterocycles. The van der Waals surface area contributed by atoms with Crippen molar-refractivity contribution >= 4 is 22.7 Å². The quantitative estimate of drug-likeness (QED) is 0.872. The van der Waals surface area contributed by atoms with E-state index in [2.05, 4.69) is 0 Å². The third kappa shape index (κ3) is 1.64. The number of aryl methyl sites for hydroxylation is 1. The highest BCUT2D eigenvalue weighted by atomic mass is 35.5. The number of fused-ring (bicyclic) bond motifs is 1. The third-order valence-corrected chi connectivity index (χ3v) is 3.07. The number of benzene rings is 1. The highest BCUT2D eigenvalue weighted by Crippen LogP contribution is 2.27. The maximum Gasteiger partial charge on any atom is 0.419 e. The fourth-order valence-corrected chi connectivity index (χ4v) is 2.02. The fraction of sp³-hybridized carbons (Fsp3) is 0.364. The van der Waals surface area contributed by atoms with Crippen molar-refractivity contribution in [3.05, 3.63) is 33.3 Å². The van der Waals surface area contributed by atoms with Gasteiger partial charge in [0.2, 0.25) is 0 Å². The molecule has 1 atom stereocenters. The second-order valence-corrected chi connectivity index (χ2v) is 4.32. The summed E-state index contributed by atoms with van der Waals surface area (Å²) in [5.41, 5.74) is 7.71. The molecular formula is C11H13ClN2O2. The van der Waals surface area contributed by atoms with Gasteiger partial charge in [0.05, 0.1) is 5.02 Å². The third-order valence-electron chi connectivity index (χ3n) is 2.78. The predicted octanol–water partition coefficient (Wildman–Crippen LogP) is 1.85. The van der Waals surface area contributed by atoms with Gasteiger partial charge in [0, 0.05) is 7.05 Å². The van der Waals surface area contributed by atoms with Crippen LogP contribution in [0.3, 0.4) is 0 Å². The molecule has 0 fully saturated rings. The minimum Gasteiger partial charge on any atom is -0.408 e. The Labute approximate surface area is 97.6 Å². The lowest BCUT2D eigenvalue weighted by Gasteiger charge is -2.09. The summed E-state index contributed by atoms with van der Waals surface area (Å²) in [6.45, 7) is 2.53. The molecule has 2 N–H and O–H groups in total. The number of aromatic nitrogens is 1. The van der Waals surface area contributed by atoms with Gasteiger partial charge in [-0.3, -0.25) is 4.57 Å². The second-order valence-electron chi connectivity index (χ2n) is 3.91. The molecule has 1 aromatic carbocycles. The summed E-state index contributed by atoms with van der Waals surface area (Å²) < 4.78 is 6.49. The Hall–Kier alpha value is -1.26. The molecule has 1 unspecified atom stereocenters. The molecule has 4 nitrogen and oxygen atoms in total. The molecule has 86 valence electrons. The molecule has 0 aliphatic carbocycles. The van der Waals surface area contributed by atoms with Crippen LogP contribution < -0.4 is 11.5 Å². The lowest BCUT2D eigenvalue weighted by molar-refractivity contribution is 0.527. The predicted molar refractivity (Wildman–Crippen MR) is 63.9 cm³/mol. The molecule has 0 saturated heterocycles. The Morgan fingerprint density at radius 2 is 2.25 bits per heavy atom. The van der Waals surface area contributed by atoms with Crippen LogP contribution in [0.4, 0.5) is 0 Å². The number of rotatable bonds is 2. The first-order chi connectivity index (χ1) is 7.54. The van der Waals surface area contributed by atoms with Gasteiger partial charge in [-0.15, -0.1) is 0 Å². The van der Waals surface area contributed by atoms with Gasteiger partial charge in [0.1, 0.15) is 5.52 Å². The monoisotopic (exact) mass is 240 g/mol. The van der Waals surface area contributed by atoms with Crippen LogP contribution in [0.5, 0.6) is 0 Å². The van der Waals surface area contributed by atoms with Gasteiger partial charge < -0.3 is 10.2 Å². The zero-order valence-corrected chi connectivity index (χ0v) is 9.91. The number of nitrogens with two attached hydrogens (primary N) is 1.